The first-order valence-electron chi connectivity index (χ1n) is 7.68. The number of anilines is 1. The Labute approximate surface area is 139 Å². The molecule has 0 fully saturated rings. The maximum Gasteiger partial charge on any atom is 0.274 e. The van der Waals surface area contributed by atoms with Gasteiger partial charge in [0.2, 0.25) is 5.91 Å². The van der Waals surface area contributed by atoms with E-state index in [1.165, 1.54) is 0 Å². The molecule has 1 aromatic carbocycles. The second kappa shape index (κ2) is 6.16. The van der Waals surface area contributed by atoms with Crippen molar-refractivity contribution in [2.75, 3.05) is 5.32 Å². The Morgan fingerprint density at radius 3 is 2.50 bits per heavy atom. The number of aryl methyl sites for hydroxylation is 2. The molecule has 0 aliphatic rings. The molecule has 6 heteroatoms. The fourth-order valence-corrected chi connectivity index (χ4v) is 2.59. The average Bonchev–Trinajstić information content (AvgIpc) is 2.93. The van der Waals surface area contributed by atoms with Crippen molar-refractivity contribution in [3.8, 4) is 0 Å². The predicted molar refractivity (Wildman–Crippen MR) is 92.2 cm³/mol. The maximum atomic E-state index is 12.7. The van der Waals surface area contributed by atoms with E-state index in [0.717, 1.165) is 16.9 Å². The molecule has 0 aliphatic heterocycles. The van der Waals surface area contributed by atoms with Crippen molar-refractivity contribution < 1.29 is 9.59 Å². The largest absolute Gasteiger partial charge is 0.366 e. The van der Waals surface area contributed by atoms with E-state index in [2.05, 4.69) is 10.3 Å². The summed E-state index contributed by atoms with van der Waals surface area (Å²) in [5, 5.41) is 2.84. The number of benzene rings is 1. The van der Waals surface area contributed by atoms with Crippen LogP contribution >= 0.6 is 0 Å². The minimum Gasteiger partial charge on any atom is -0.366 e. The van der Waals surface area contributed by atoms with Crippen molar-refractivity contribution in [1.82, 2.24) is 9.38 Å². The smallest absolute Gasteiger partial charge is 0.274 e. The van der Waals surface area contributed by atoms with Gasteiger partial charge in [0.25, 0.3) is 5.91 Å². The molecule has 3 rings (SSSR count). The molecule has 122 valence electrons. The number of hydrogen-bond donors (Lipinski definition) is 2. The number of carbonyl (C=O) groups is 2. The molecule has 0 radical (unpaired) electrons. The second-order valence-corrected chi connectivity index (χ2v) is 5.59. The van der Waals surface area contributed by atoms with E-state index >= 15 is 0 Å². The summed E-state index contributed by atoms with van der Waals surface area (Å²) in [6.07, 6.45) is 2.55. The zero-order valence-corrected chi connectivity index (χ0v) is 13.5. The lowest BCUT2D eigenvalue weighted by molar-refractivity contribution is 0.0997. The Balaban J connectivity index is 1.96. The number of pyridine rings is 1. The van der Waals surface area contributed by atoms with Crippen molar-refractivity contribution in [1.29, 1.82) is 0 Å². The Kier molecular flexibility index (Phi) is 4.04. The summed E-state index contributed by atoms with van der Waals surface area (Å²) in [5.74, 6) is -0.741. The number of nitrogens with one attached hydrogen (secondary N) is 1. The molecule has 0 atom stereocenters. The Morgan fingerprint density at radius 1 is 1.17 bits per heavy atom. The van der Waals surface area contributed by atoms with Crippen molar-refractivity contribution in [2.24, 2.45) is 5.73 Å². The fourth-order valence-electron chi connectivity index (χ4n) is 2.59. The van der Waals surface area contributed by atoms with Crippen LogP contribution in [0.1, 0.15) is 39.0 Å². The number of primary amides is 1. The topological polar surface area (TPSA) is 89.5 Å². The number of nitrogens with zero attached hydrogens (tertiary/aromatic N) is 2. The third-order valence-corrected chi connectivity index (χ3v) is 3.82. The van der Waals surface area contributed by atoms with Gasteiger partial charge in [0.05, 0.1) is 5.69 Å². The van der Waals surface area contributed by atoms with E-state index < -0.39 is 5.91 Å². The molecule has 0 unspecified atom stereocenters. The van der Waals surface area contributed by atoms with Crippen LogP contribution in [0.5, 0.6) is 0 Å². The van der Waals surface area contributed by atoms with Gasteiger partial charge in [0.1, 0.15) is 11.3 Å². The molecule has 3 N–H and O–H groups in total. The van der Waals surface area contributed by atoms with Crippen LogP contribution in [-0.4, -0.2) is 21.2 Å². The molecule has 2 heterocycles. The molecule has 3 aromatic rings. The molecule has 0 bridgehead atoms. The summed E-state index contributed by atoms with van der Waals surface area (Å²) in [5.41, 5.74) is 9.26. The lowest BCUT2D eigenvalue weighted by Gasteiger charge is -2.07. The average molecular weight is 322 g/mol. The molecule has 0 saturated carbocycles. The summed E-state index contributed by atoms with van der Waals surface area (Å²) in [4.78, 5) is 28.4. The minimum absolute atomic E-state index is 0.239. The van der Waals surface area contributed by atoms with Crippen LogP contribution in [0.2, 0.25) is 0 Å². The number of hydrogen-bond acceptors (Lipinski definition) is 3. The SMILES string of the molecule is CCc1nc2ccc(C)cn2c1C(=O)Nc1ccc(C(N)=O)cc1. The summed E-state index contributed by atoms with van der Waals surface area (Å²) in [7, 11) is 0. The van der Waals surface area contributed by atoms with Gasteiger partial charge in [-0.25, -0.2) is 4.98 Å². The van der Waals surface area contributed by atoms with Gasteiger partial charge in [0.15, 0.2) is 0 Å². The second-order valence-electron chi connectivity index (χ2n) is 5.59. The van der Waals surface area contributed by atoms with Gasteiger partial charge in [-0.3, -0.25) is 14.0 Å². The van der Waals surface area contributed by atoms with Crippen molar-refractivity contribution in [2.45, 2.75) is 20.3 Å². The summed E-state index contributed by atoms with van der Waals surface area (Å²) >= 11 is 0. The van der Waals surface area contributed by atoms with Crippen molar-refractivity contribution >= 4 is 23.1 Å². The van der Waals surface area contributed by atoms with Crippen LogP contribution in [0.4, 0.5) is 5.69 Å². The van der Waals surface area contributed by atoms with E-state index in [9.17, 15) is 9.59 Å². The highest BCUT2D eigenvalue weighted by atomic mass is 16.2. The number of nitrogens with two attached hydrogens (primary N) is 1. The van der Waals surface area contributed by atoms with Crippen LogP contribution in [-0.2, 0) is 6.42 Å². The van der Waals surface area contributed by atoms with E-state index in [1.54, 1.807) is 28.7 Å². The molecule has 2 amide bonds. The zero-order chi connectivity index (χ0) is 17.3. The molecular weight excluding hydrogens is 304 g/mol. The number of rotatable bonds is 4. The Bertz CT molecular complexity index is 926. The third kappa shape index (κ3) is 2.86. The van der Waals surface area contributed by atoms with E-state index in [4.69, 9.17) is 5.73 Å². The molecule has 0 saturated heterocycles. The van der Waals surface area contributed by atoms with Gasteiger partial charge in [0, 0.05) is 17.4 Å². The standard InChI is InChI=1S/C18H18N4O2/c1-3-14-16(22-10-11(2)4-9-15(22)21-14)18(24)20-13-7-5-12(6-8-13)17(19)23/h4-10H,3H2,1-2H3,(H2,19,23)(H,20,24). The van der Waals surface area contributed by atoms with Crippen molar-refractivity contribution in [3.05, 3.63) is 65.1 Å². The van der Waals surface area contributed by atoms with Gasteiger partial charge in [-0.2, -0.15) is 0 Å². The quantitative estimate of drug-likeness (QED) is 0.773. The van der Waals surface area contributed by atoms with Crippen LogP contribution in [0.3, 0.4) is 0 Å². The Morgan fingerprint density at radius 2 is 1.88 bits per heavy atom. The van der Waals surface area contributed by atoms with E-state index in [1.807, 2.05) is 32.2 Å². The normalized spacial score (nSPS) is 10.8. The third-order valence-electron chi connectivity index (χ3n) is 3.82. The van der Waals surface area contributed by atoms with Gasteiger partial charge >= 0.3 is 0 Å². The highest BCUT2D eigenvalue weighted by Gasteiger charge is 2.18. The molecule has 6 nitrogen and oxygen atoms in total. The number of imidazole rings is 1. The lowest BCUT2D eigenvalue weighted by atomic mass is 10.2. The fraction of sp³-hybridized carbons (Fsp3) is 0.167. The number of amides is 2. The number of aromatic nitrogens is 2. The summed E-state index contributed by atoms with van der Waals surface area (Å²) < 4.78 is 1.81. The molecule has 2 aromatic heterocycles. The van der Waals surface area contributed by atoms with Gasteiger partial charge in [-0.05, 0) is 49.2 Å². The van der Waals surface area contributed by atoms with E-state index in [0.29, 0.717) is 23.4 Å². The molecule has 24 heavy (non-hydrogen) atoms. The predicted octanol–water partition coefficient (Wildman–Crippen LogP) is 2.56. The van der Waals surface area contributed by atoms with Crippen LogP contribution in [0.15, 0.2) is 42.6 Å². The van der Waals surface area contributed by atoms with Gasteiger partial charge < -0.3 is 11.1 Å². The summed E-state index contributed by atoms with van der Waals surface area (Å²) in [6, 6.07) is 10.3. The minimum atomic E-state index is -0.501. The first kappa shape index (κ1) is 15.7. The molecular formula is C18H18N4O2. The highest BCUT2D eigenvalue weighted by Crippen LogP contribution is 2.17. The summed E-state index contributed by atoms with van der Waals surface area (Å²) in [6.45, 7) is 3.93. The van der Waals surface area contributed by atoms with Crippen LogP contribution in [0.25, 0.3) is 5.65 Å². The number of carbonyl (C=O) groups excluding carboxylic acids is 2. The molecule has 0 aliphatic carbocycles. The van der Waals surface area contributed by atoms with Gasteiger partial charge in [-0.15, -0.1) is 0 Å². The van der Waals surface area contributed by atoms with Crippen LogP contribution in [0, 0.1) is 6.92 Å². The first-order chi connectivity index (χ1) is 11.5. The lowest BCUT2D eigenvalue weighted by Crippen LogP contribution is -2.17. The number of fused-ring (bicyclic) bond motifs is 1. The highest BCUT2D eigenvalue weighted by molar-refractivity contribution is 6.04. The Hall–Kier alpha value is -3.15. The van der Waals surface area contributed by atoms with E-state index in [-0.39, 0.29) is 5.91 Å². The molecule has 0 spiro atoms. The maximum absolute atomic E-state index is 12.7. The first-order valence-corrected chi connectivity index (χ1v) is 7.68. The van der Waals surface area contributed by atoms with Crippen molar-refractivity contribution in [3.63, 3.8) is 0 Å². The zero-order valence-electron chi connectivity index (χ0n) is 13.5. The van der Waals surface area contributed by atoms with Gasteiger partial charge in [-0.1, -0.05) is 13.0 Å². The van der Waals surface area contributed by atoms with Crippen LogP contribution < -0.4 is 11.1 Å². The monoisotopic (exact) mass is 322 g/mol.